The first-order valence-corrected chi connectivity index (χ1v) is 6.79. The molecule has 0 heterocycles. The largest absolute Gasteiger partial charge is 0.479 e. The smallest absolute Gasteiger partial charge is 0.265 e. The SMILES string of the molecule is CC(Oc1ccc(Cl)cc1Cl)C(=O)Nc1ccccc1. The van der Waals surface area contributed by atoms with Crippen molar-refractivity contribution >= 4 is 34.8 Å². The van der Waals surface area contributed by atoms with Crippen molar-refractivity contribution in [3.05, 3.63) is 58.6 Å². The number of carbonyl (C=O) groups excluding carboxylic acids is 1. The summed E-state index contributed by atoms with van der Waals surface area (Å²) in [5.74, 6) is 0.175. The highest BCUT2D eigenvalue weighted by atomic mass is 35.5. The lowest BCUT2D eigenvalue weighted by Crippen LogP contribution is -2.30. The predicted octanol–water partition coefficient (Wildman–Crippen LogP) is 4.40. The van der Waals surface area contributed by atoms with Gasteiger partial charge in [-0.25, -0.2) is 0 Å². The van der Waals surface area contributed by atoms with Crippen LogP contribution in [0, 0.1) is 0 Å². The van der Waals surface area contributed by atoms with E-state index in [1.165, 1.54) is 0 Å². The van der Waals surface area contributed by atoms with Crippen molar-refractivity contribution in [3.8, 4) is 5.75 Å². The normalized spacial score (nSPS) is 11.8. The Balaban J connectivity index is 2.00. The van der Waals surface area contributed by atoms with Crippen LogP contribution in [0.3, 0.4) is 0 Å². The van der Waals surface area contributed by atoms with Crippen LogP contribution < -0.4 is 10.1 Å². The number of para-hydroxylation sites is 1. The van der Waals surface area contributed by atoms with E-state index in [0.29, 0.717) is 15.8 Å². The molecule has 2 aromatic carbocycles. The molecule has 2 aromatic rings. The number of amides is 1. The fourth-order valence-electron chi connectivity index (χ4n) is 1.58. The van der Waals surface area contributed by atoms with Gasteiger partial charge in [-0.05, 0) is 37.3 Å². The Morgan fingerprint density at radius 2 is 1.85 bits per heavy atom. The lowest BCUT2D eigenvalue weighted by atomic mass is 10.3. The molecule has 0 saturated carbocycles. The Kier molecular flexibility index (Phi) is 4.88. The molecule has 0 radical (unpaired) electrons. The zero-order chi connectivity index (χ0) is 14.5. The van der Waals surface area contributed by atoms with Crippen LogP contribution in [-0.2, 0) is 4.79 Å². The average molecular weight is 310 g/mol. The number of benzene rings is 2. The summed E-state index contributed by atoms with van der Waals surface area (Å²) in [6.07, 6.45) is -0.672. The summed E-state index contributed by atoms with van der Waals surface area (Å²) in [7, 11) is 0. The minimum Gasteiger partial charge on any atom is -0.479 e. The molecule has 0 saturated heterocycles. The molecule has 20 heavy (non-hydrogen) atoms. The predicted molar refractivity (Wildman–Crippen MR) is 81.6 cm³/mol. The van der Waals surface area contributed by atoms with Gasteiger partial charge in [0.15, 0.2) is 6.10 Å². The minimum atomic E-state index is -0.672. The van der Waals surface area contributed by atoms with Crippen LogP contribution >= 0.6 is 23.2 Å². The minimum absolute atomic E-state index is 0.248. The number of hydrogen-bond donors (Lipinski definition) is 1. The summed E-state index contributed by atoms with van der Waals surface area (Å²) >= 11 is 11.8. The highest BCUT2D eigenvalue weighted by Crippen LogP contribution is 2.28. The van der Waals surface area contributed by atoms with Gasteiger partial charge in [0.1, 0.15) is 5.75 Å². The van der Waals surface area contributed by atoms with Crippen molar-refractivity contribution in [2.24, 2.45) is 0 Å². The van der Waals surface area contributed by atoms with E-state index in [2.05, 4.69) is 5.32 Å². The van der Waals surface area contributed by atoms with Crippen molar-refractivity contribution in [2.75, 3.05) is 5.32 Å². The molecule has 1 amide bonds. The zero-order valence-electron chi connectivity index (χ0n) is 10.8. The summed E-state index contributed by atoms with van der Waals surface area (Å²) in [5.41, 5.74) is 0.718. The molecular formula is C15H13Cl2NO2. The van der Waals surface area contributed by atoms with Gasteiger partial charge in [-0.3, -0.25) is 4.79 Å². The second kappa shape index (κ2) is 6.64. The lowest BCUT2D eigenvalue weighted by molar-refractivity contribution is -0.122. The molecule has 0 aliphatic heterocycles. The first-order valence-electron chi connectivity index (χ1n) is 6.04. The molecule has 3 nitrogen and oxygen atoms in total. The summed E-state index contributed by atoms with van der Waals surface area (Å²) in [4.78, 5) is 12.0. The van der Waals surface area contributed by atoms with Gasteiger partial charge in [-0.15, -0.1) is 0 Å². The number of anilines is 1. The third-order valence-corrected chi connectivity index (χ3v) is 3.14. The van der Waals surface area contributed by atoms with Crippen molar-refractivity contribution in [1.29, 1.82) is 0 Å². The van der Waals surface area contributed by atoms with Crippen LogP contribution in [0.15, 0.2) is 48.5 Å². The van der Waals surface area contributed by atoms with Gasteiger partial charge in [0.05, 0.1) is 5.02 Å². The third kappa shape index (κ3) is 3.89. The van der Waals surface area contributed by atoms with Gasteiger partial charge < -0.3 is 10.1 Å². The molecule has 2 rings (SSSR count). The van der Waals surface area contributed by atoms with Crippen LogP contribution in [0.5, 0.6) is 5.75 Å². The molecule has 1 unspecified atom stereocenters. The summed E-state index contributed by atoms with van der Waals surface area (Å²) in [6.45, 7) is 1.66. The molecular weight excluding hydrogens is 297 g/mol. The van der Waals surface area contributed by atoms with Gasteiger partial charge in [0, 0.05) is 10.7 Å². The van der Waals surface area contributed by atoms with Crippen LogP contribution in [0.25, 0.3) is 0 Å². The highest BCUT2D eigenvalue weighted by molar-refractivity contribution is 6.35. The Labute approximate surface area is 127 Å². The van der Waals surface area contributed by atoms with Gasteiger partial charge in [0.25, 0.3) is 5.91 Å². The van der Waals surface area contributed by atoms with Crippen LogP contribution in [0.1, 0.15) is 6.92 Å². The Morgan fingerprint density at radius 3 is 2.50 bits per heavy atom. The van der Waals surface area contributed by atoms with Crippen molar-refractivity contribution in [1.82, 2.24) is 0 Å². The van der Waals surface area contributed by atoms with E-state index < -0.39 is 6.10 Å². The number of ether oxygens (including phenoxy) is 1. The van der Waals surface area contributed by atoms with Gasteiger partial charge in [-0.2, -0.15) is 0 Å². The number of hydrogen-bond acceptors (Lipinski definition) is 2. The van der Waals surface area contributed by atoms with Crippen molar-refractivity contribution < 1.29 is 9.53 Å². The number of rotatable bonds is 4. The van der Waals surface area contributed by atoms with Crippen LogP contribution in [-0.4, -0.2) is 12.0 Å². The van der Waals surface area contributed by atoms with E-state index in [4.69, 9.17) is 27.9 Å². The summed E-state index contributed by atoms with van der Waals surface area (Å²) < 4.78 is 5.53. The van der Waals surface area contributed by atoms with E-state index in [9.17, 15) is 4.79 Å². The summed E-state index contributed by atoms with van der Waals surface area (Å²) in [6, 6.07) is 14.0. The van der Waals surface area contributed by atoms with E-state index in [1.807, 2.05) is 18.2 Å². The molecule has 1 N–H and O–H groups in total. The molecule has 0 aliphatic carbocycles. The maximum atomic E-state index is 12.0. The third-order valence-electron chi connectivity index (χ3n) is 2.61. The van der Waals surface area contributed by atoms with Gasteiger partial charge >= 0.3 is 0 Å². The van der Waals surface area contributed by atoms with Crippen molar-refractivity contribution in [2.45, 2.75) is 13.0 Å². The van der Waals surface area contributed by atoms with Crippen molar-refractivity contribution in [3.63, 3.8) is 0 Å². The lowest BCUT2D eigenvalue weighted by Gasteiger charge is -2.15. The second-order valence-electron chi connectivity index (χ2n) is 4.19. The average Bonchev–Trinajstić information content (AvgIpc) is 2.43. The van der Waals surface area contributed by atoms with Crippen LogP contribution in [0.2, 0.25) is 10.0 Å². The van der Waals surface area contributed by atoms with E-state index in [0.717, 1.165) is 5.69 Å². The summed E-state index contributed by atoms with van der Waals surface area (Å²) in [5, 5.41) is 3.65. The Bertz CT molecular complexity index is 602. The first kappa shape index (κ1) is 14.7. The molecule has 1 atom stereocenters. The Morgan fingerprint density at radius 1 is 1.15 bits per heavy atom. The Hall–Kier alpha value is -1.71. The van der Waals surface area contributed by atoms with Crippen LogP contribution in [0.4, 0.5) is 5.69 Å². The molecule has 0 bridgehead atoms. The van der Waals surface area contributed by atoms with Gasteiger partial charge in [0.2, 0.25) is 0 Å². The maximum absolute atomic E-state index is 12.0. The zero-order valence-corrected chi connectivity index (χ0v) is 12.3. The van der Waals surface area contributed by atoms with Gasteiger partial charge in [-0.1, -0.05) is 41.4 Å². The molecule has 0 fully saturated rings. The second-order valence-corrected chi connectivity index (χ2v) is 5.03. The topological polar surface area (TPSA) is 38.3 Å². The maximum Gasteiger partial charge on any atom is 0.265 e. The first-order chi connectivity index (χ1) is 9.56. The molecule has 0 spiro atoms. The monoisotopic (exact) mass is 309 g/mol. The van der Waals surface area contributed by atoms with E-state index in [-0.39, 0.29) is 5.91 Å². The molecule has 5 heteroatoms. The fraction of sp³-hybridized carbons (Fsp3) is 0.133. The standard InChI is InChI=1S/C15H13Cl2NO2/c1-10(15(19)18-12-5-3-2-4-6-12)20-14-8-7-11(16)9-13(14)17/h2-10H,1H3,(H,18,19). The number of halogens is 2. The molecule has 0 aliphatic rings. The van der Waals surface area contributed by atoms with E-state index in [1.54, 1.807) is 37.3 Å². The number of carbonyl (C=O) groups is 1. The quantitative estimate of drug-likeness (QED) is 0.909. The fourth-order valence-corrected chi connectivity index (χ4v) is 2.03. The van der Waals surface area contributed by atoms with E-state index >= 15 is 0 Å². The highest BCUT2D eigenvalue weighted by Gasteiger charge is 2.16. The molecule has 104 valence electrons. The number of nitrogens with one attached hydrogen (secondary N) is 1. The molecule has 0 aromatic heterocycles.